The minimum Gasteiger partial charge on any atom is -0.493 e. The van der Waals surface area contributed by atoms with Gasteiger partial charge in [0.25, 0.3) is 0 Å². The number of urea groups is 1. The summed E-state index contributed by atoms with van der Waals surface area (Å²) in [5, 5.41) is 15.6. The Labute approximate surface area is 182 Å². The highest BCUT2D eigenvalue weighted by Gasteiger charge is 2.49. The highest BCUT2D eigenvalue weighted by molar-refractivity contribution is 5.88. The highest BCUT2D eigenvalue weighted by atomic mass is 16.5. The van der Waals surface area contributed by atoms with E-state index in [1.807, 2.05) is 6.07 Å². The van der Waals surface area contributed by atoms with E-state index in [0.717, 1.165) is 49.4 Å². The summed E-state index contributed by atoms with van der Waals surface area (Å²) in [5.41, 5.74) is 4.80. The quantitative estimate of drug-likeness (QED) is 0.429. The van der Waals surface area contributed by atoms with E-state index < -0.39 is 12.0 Å². The van der Waals surface area contributed by atoms with E-state index in [1.165, 1.54) is 5.56 Å². The van der Waals surface area contributed by atoms with Crippen molar-refractivity contribution in [2.75, 3.05) is 34.4 Å². The molecule has 0 unspecified atom stereocenters. The largest absolute Gasteiger partial charge is 0.493 e. The lowest BCUT2D eigenvalue weighted by atomic mass is 9.65. The number of carboxylic acid groups (broad SMARTS) is 1. The third-order valence-electron chi connectivity index (χ3n) is 6.50. The van der Waals surface area contributed by atoms with E-state index in [1.54, 1.807) is 14.2 Å². The summed E-state index contributed by atoms with van der Waals surface area (Å²) in [5.74, 6) is 0.592. The molecule has 2 atom stereocenters. The molecule has 0 aromatic heterocycles. The molecule has 9 nitrogen and oxygen atoms in total. The zero-order valence-corrected chi connectivity index (χ0v) is 18.4. The summed E-state index contributed by atoms with van der Waals surface area (Å²) in [6.45, 7) is 1.31. The first kappa shape index (κ1) is 22.9. The fourth-order valence-electron chi connectivity index (χ4n) is 4.80. The number of amides is 2. The molecule has 3 N–H and O–H groups in total. The Morgan fingerprint density at radius 2 is 2.03 bits per heavy atom. The van der Waals surface area contributed by atoms with Crippen LogP contribution in [0.3, 0.4) is 0 Å². The van der Waals surface area contributed by atoms with E-state index in [-0.39, 0.29) is 11.8 Å². The number of aliphatic carboxylic acids is 1. The van der Waals surface area contributed by atoms with Gasteiger partial charge in [-0.2, -0.15) is 5.10 Å². The van der Waals surface area contributed by atoms with E-state index in [9.17, 15) is 9.59 Å². The number of fused-ring (bicyclic) bond motifs is 1. The number of hydrogen-bond donors (Lipinski definition) is 3. The molecule has 1 saturated carbocycles. The van der Waals surface area contributed by atoms with Crippen molar-refractivity contribution < 1.29 is 24.2 Å². The summed E-state index contributed by atoms with van der Waals surface area (Å²) < 4.78 is 10.9. The van der Waals surface area contributed by atoms with E-state index in [0.29, 0.717) is 19.0 Å². The third-order valence-corrected chi connectivity index (χ3v) is 6.50. The Kier molecular flexibility index (Phi) is 7.37. The number of carbonyl (C=O) groups is 2. The molecular weight excluding hydrogens is 400 g/mol. The molecule has 31 heavy (non-hydrogen) atoms. The van der Waals surface area contributed by atoms with E-state index >= 15 is 0 Å². The van der Waals surface area contributed by atoms with Gasteiger partial charge in [0.15, 0.2) is 11.5 Å². The topological polar surface area (TPSA) is 112 Å². The van der Waals surface area contributed by atoms with Crippen molar-refractivity contribution >= 4 is 17.7 Å². The number of nitrogens with zero attached hydrogens (tertiary/aromatic N) is 2. The number of ether oxygens (including phenoxy) is 2. The fourth-order valence-corrected chi connectivity index (χ4v) is 4.80. The van der Waals surface area contributed by atoms with Crippen molar-refractivity contribution in [2.45, 2.75) is 50.0 Å². The Morgan fingerprint density at radius 3 is 2.74 bits per heavy atom. The Hall–Kier alpha value is -2.81. The summed E-state index contributed by atoms with van der Waals surface area (Å²) in [7, 11) is 5.43. The highest BCUT2D eigenvalue weighted by Crippen LogP contribution is 2.49. The first-order valence-electron chi connectivity index (χ1n) is 10.6. The molecule has 2 amide bonds. The van der Waals surface area contributed by atoms with Gasteiger partial charge in [0.05, 0.1) is 14.2 Å². The van der Waals surface area contributed by atoms with Crippen LogP contribution in [0.1, 0.15) is 44.1 Å². The molecule has 2 aliphatic rings. The van der Waals surface area contributed by atoms with Crippen molar-refractivity contribution in [3.8, 4) is 11.5 Å². The van der Waals surface area contributed by atoms with Crippen LogP contribution in [0, 0.1) is 0 Å². The Morgan fingerprint density at radius 1 is 1.26 bits per heavy atom. The molecule has 1 aromatic rings. The number of nitrogens with one attached hydrogen (secondary N) is 2. The monoisotopic (exact) mass is 432 g/mol. The lowest BCUT2D eigenvalue weighted by molar-refractivity contribution is -0.137. The van der Waals surface area contributed by atoms with Crippen LogP contribution in [0.5, 0.6) is 11.5 Å². The van der Waals surface area contributed by atoms with Crippen LogP contribution in [-0.4, -0.2) is 68.1 Å². The predicted octanol–water partition coefficient (Wildman–Crippen LogP) is 2.35. The van der Waals surface area contributed by atoms with Crippen LogP contribution < -0.4 is 20.2 Å². The number of hydrazone groups is 1. The molecule has 1 aliphatic carbocycles. The maximum atomic E-state index is 11.9. The minimum atomic E-state index is -0.872. The summed E-state index contributed by atoms with van der Waals surface area (Å²) in [6, 6.07) is 6.08. The smallest absolute Gasteiger partial charge is 0.335 e. The Balaban J connectivity index is 1.66. The lowest BCUT2D eigenvalue weighted by Crippen LogP contribution is -2.46. The predicted molar refractivity (Wildman–Crippen MR) is 117 cm³/mol. The van der Waals surface area contributed by atoms with Gasteiger partial charge in [0.1, 0.15) is 0 Å². The van der Waals surface area contributed by atoms with E-state index in [4.69, 9.17) is 14.6 Å². The van der Waals surface area contributed by atoms with Crippen molar-refractivity contribution in [1.29, 1.82) is 0 Å². The number of carboxylic acids is 1. The van der Waals surface area contributed by atoms with Crippen molar-refractivity contribution in [1.82, 2.24) is 15.6 Å². The number of rotatable bonds is 8. The second kappa shape index (κ2) is 10.00. The number of hydrogen-bond acceptors (Lipinski definition) is 6. The van der Waals surface area contributed by atoms with Gasteiger partial charge in [-0.3, -0.25) is 4.79 Å². The number of methoxy groups -OCH3 is 2. The average molecular weight is 433 g/mol. The molecule has 1 heterocycles. The van der Waals surface area contributed by atoms with Gasteiger partial charge < -0.3 is 24.8 Å². The molecule has 9 heteroatoms. The van der Waals surface area contributed by atoms with Crippen LogP contribution in [0.4, 0.5) is 4.79 Å². The molecule has 0 bridgehead atoms. The lowest BCUT2D eigenvalue weighted by Gasteiger charge is -2.42. The molecule has 2 fully saturated rings. The maximum Gasteiger partial charge on any atom is 0.335 e. The number of likely N-dealkylation sites (N-methyl/N-ethyl adjacent to an activating group) is 1. The van der Waals surface area contributed by atoms with Crippen molar-refractivity contribution in [3.05, 3.63) is 23.8 Å². The molecular formula is C22H32N4O5. The Bertz CT molecular complexity index is 843. The molecule has 0 radical (unpaired) electrons. The molecule has 1 aliphatic heterocycles. The number of likely N-dealkylation sites (tertiary alicyclic amines) is 1. The van der Waals surface area contributed by atoms with Gasteiger partial charge in [0.2, 0.25) is 0 Å². The first-order valence-corrected chi connectivity index (χ1v) is 10.6. The van der Waals surface area contributed by atoms with Gasteiger partial charge >= 0.3 is 12.0 Å². The second-order valence-electron chi connectivity index (χ2n) is 8.22. The van der Waals surface area contributed by atoms with Crippen molar-refractivity contribution in [3.63, 3.8) is 0 Å². The summed E-state index contributed by atoms with van der Waals surface area (Å²) in [4.78, 5) is 24.8. The number of carbonyl (C=O) groups excluding carboxylic acids is 1. The minimum absolute atomic E-state index is 0.0203. The summed E-state index contributed by atoms with van der Waals surface area (Å²) in [6.07, 6.45) is 4.01. The van der Waals surface area contributed by atoms with Gasteiger partial charge in [-0.05, 0) is 57.0 Å². The molecule has 1 aromatic carbocycles. The van der Waals surface area contributed by atoms with Crippen LogP contribution >= 0.6 is 0 Å². The standard InChI is InChI=1S/C22H32N4O5/c1-26-12-10-22(15-6-7-17(30-2)18(13-15)31-3)9-8-16(14-19(22)26)24-25-21(29)23-11-4-5-20(27)28/h6-7,13,19H,4-5,8-12,14H2,1-3H3,(H,27,28)(H2,23,25,29)/b24-16-/t19-,22-/m0/s1. The van der Waals surface area contributed by atoms with Crippen molar-refractivity contribution in [2.24, 2.45) is 5.10 Å². The second-order valence-corrected chi connectivity index (χ2v) is 8.22. The maximum absolute atomic E-state index is 11.9. The molecule has 0 spiro atoms. The van der Waals surface area contributed by atoms with Crippen LogP contribution in [0.2, 0.25) is 0 Å². The zero-order chi connectivity index (χ0) is 22.4. The zero-order valence-electron chi connectivity index (χ0n) is 18.4. The normalized spacial score (nSPS) is 24.5. The van der Waals surface area contributed by atoms with Gasteiger partial charge in [-0.15, -0.1) is 0 Å². The summed E-state index contributed by atoms with van der Waals surface area (Å²) >= 11 is 0. The van der Waals surface area contributed by atoms with Crippen LogP contribution in [0.15, 0.2) is 23.3 Å². The van der Waals surface area contributed by atoms with Gasteiger partial charge in [-0.1, -0.05) is 6.07 Å². The SMILES string of the molecule is COc1ccc([C@@]23CC/C(=N/NC(=O)NCCCC(=O)O)C[C@@H]2N(C)CC3)cc1OC. The molecule has 1 saturated heterocycles. The fraction of sp³-hybridized carbons (Fsp3) is 0.591. The van der Waals surface area contributed by atoms with Gasteiger partial charge in [-0.25, -0.2) is 10.2 Å². The van der Waals surface area contributed by atoms with Gasteiger partial charge in [0, 0.05) is 36.6 Å². The van der Waals surface area contributed by atoms with E-state index in [2.05, 4.69) is 39.9 Å². The van der Waals surface area contributed by atoms with Crippen LogP contribution in [0.25, 0.3) is 0 Å². The molecule has 170 valence electrons. The number of benzene rings is 1. The average Bonchev–Trinajstić information content (AvgIpc) is 3.11. The third kappa shape index (κ3) is 5.10. The molecule has 3 rings (SSSR count). The first-order chi connectivity index (χ1) is 14.9. The van der Waals surface area contributed by atoms with Crippen LogP contribution in [-0.2, 0) is 10.2 Å².